The summed E-state index contributed by atoms with van der Waals surface area (Å²) in [5.41, 5.74) is 1.16. The van der Waals surface area contributed by atoms with Gasteiger partial charge >= 0.3 is 0 Å². The van der Waals surface area contributed by atoms with Crippen LogP contribution in [0.1, 0.15) is 49.2 Å². The molecule has 3 aromatic rings. The Balaban J connectivity index is 1.96. The van der Waals surface area contributed by atoms with Crippen molar-refractivity contribution in [2.45, 2.75) is 49.4 Å². The number of methoxy groups -OCH3 is 1. The molecule has 5 nitrogen and oxygen atoms in total. The van der Waals surface area contributed by atoms with E-state index in [4.69, 9.17) is 18.9 Å². The van der Waals surface area contributed by atoms with Gasteiger partial charge in [0.05, 0.1) is 19.3 Å². The van der Waals surface area contributed by atoms with Gasteiger partial charge in [-0.2, -0.15) is 0 Å². The van der Waals surface area contributed by atoms with Gasteiger partial charge in [-0.05, 0) is 39.8 Å². The van der Waals surface area contributed by atoms with Crippen molar-refractivity contribution in [3.63, 3.8) is 0 Å². The number of benzene rings is 3. The molecule has 0 N–H and O–H groups in total. The SMILES string of the molecule is COc1ccc(C2(c3ccccc3)Oc3cc(OC(C)C)cc(OC(C)C)c3C(=O)C2I)cc1. The van der Waals surface area contributed by atoms with Crippen LogP contribution in [0.4, 0.5) is 0 Å². The van der Waals surface area contributed by atoms with E-state index in [0.29, 0.717) is 22.8 Å². The summed E-state index contributed by atoms with van der Waals surface area (Å²) in [6.45, 7) is 7.79. The van der Waals surface area contributed by atoms with Gasteiger partial charge in [-0.1, -0.05) is 65.1 Å². The van der Waals surface area contributed by atoms with Crippen LogP contribution in [0.3, 0.4) is 0 Å². The lowest BCUT2D eigenvalue weighted by Crippen LogP contribution is -2.50. The summed E-state index contributed by atoms with van der Waals surface area (Å²) in [6.07, 6.45) is -0.150. The first-order valence-electron chi connectivity index (χ1n) is 11.3. The van der Waals surface area contributed by atoms with Crippen molar-refractivity contribution in [3.8, 4) is 23.0 Å². The molecule has 0 amide bonds. The van der Waals surface area contributed by atoms with Gasteiger partial charge in [0.2, 0.25) is 0 Å². The zero-order valence-electron chi connectivity index (χ0n) is 20.0. The van der Waals surface area contributed by atoms with Crippen molar-refractivity contribution < 1.29 is 23.7 Å². The molecule has 0 saturated carbocycles. The smallest absolute Gasteiger partial charge is 0.187 e. The van der Waals surface area contributed by atoms with Crippen LogP contribution in [0.2, 0.25) is 0 Å². The summed E-state index contributed by atoms with van der Waals surface area (Å²) in [5.74, 6) is 2.21. The highest BCUT2D eigenvalue weighted by Gasteiger charge is 2.52. The van der Waals surface area contributed by atoms with Crippen molar-refractivity contribution in [2.75, 3.05) is 7.11 Å². The number of Topliss-reactive ketones (excluding diaryl/α,β-unsaturated/α-hetero) is 1. The summed E-state index contributed by atoms with van der Waals surface area (Å²) in [4.78, 5) is 14.0. The van der Waals surface area contributed by atoms with Gasteiger partial charge in [0, 0.05) is 23.3 Å². The predicted molar refractivity (Wildman–Crippen MR) is 141 cm³/mol. The molecule has 2 unspecified atom stereocenters. The molecule has 1 heterocycles. The Kier molecular flexibility index (Phi) is 7.07. The Morgan fingerprint density at radius 2 is 1.47 bits per heavy atom. The molecule has 0 aliphatic carbocycles. The van der Waals surface area contributed by atoms with Gasteiger partial charge in [0.25, 0.3) is 0 Å². The Morgan fingerprint density at radius 1 is 0.853 bits per heavy atom. The van der Waals surface area contributed by atoms with E-state index in [1.165, 1.54) is 0 Å². The Hall–Kier alpha value is -2.74. The van der Waals surface area contributed by atoms with Crippen molar-refractivity contribution in [1.29, 1.82) is 0 Å². The van der Waals surface area contributed by atoms with Gasteiger partial charge in [-0.3, -0.25) is 4.79 Å². The van der Waals surface area contributed by atoms with E-state index in [1.807, 2.05) is 82.3 Å². The maximum atomic E-state index is 14.0. The highest BCUT2D eigenvalue weighted by Crippen LogP contribution is 2.51. The van der Waals surface area contributed by atoms with Gasteiger partial charge in [0.1, 0.15) is 32.5 Å². The number of hydrogen-bond acceptors (Lipinski definition) is 5. The molecule has 1 aliphatic heterocycles. The third-order valence-electron chi connectivity index (χ3n) is 5.60. The molecule has 6 heteroatoms. The molecule has 3 aromatic carbocycles. The van der Waals surface area contributed by atoms with Crippen molar-refractivity contribution in [1.82, 2.24) is 0 Å². The van der Waals surface area contributed by atoms with Crippen LogP contribution < -0.4 is 18.9 Å². The molecule has 0 aromatic heterocycles. The average Bonchev–Trinajstić information content (AvgIpc) is 2.81. The lowest BCUT2D eigenvalue weighted by atomic mass is 9.78. The van der Waals surface area contributed by atoms with Crippen molar-refractivity contribution in [2.24, 2.45) is 0 Å². The standard InChI is InChI=1S/C28H29IO5/c1-17(2)32-22-15-23(33-18(3)4)25-24(16-22)34-28(27(29)26(25)30,19-9-7-6-8-10-19)20-11-13-21(31-5)14-12-20/h6-18,27H,1-5H3. The maximum absolute atomic E-state index is 14.0. The molecule has 4 rings (SSSR count). The van der Waals surface area contributed by atoms with Crippen LogP contribution in [0.5, 0.6) is 23.0 Å². The molecule has 0 saturated heterocycles. The molecule has 0 radical (unpaired) electrons. The summed E-state index contributed by atoms with van der Waals surface area (Å²) in [6, 6.07) is 21.1. The molecule has 0 bridgehead atoms. The number of hydrogen-bond donors (Lipinski definition) is 0. The number of rotatable bonds is 7. The minimum Gasteiger partial charge on any atom is -0.497 e. The second kappa shape index (κ2) is 9.86. The van der Waals surface area contributed by atoms with Gasteiger partial charge in [-0.25, -0.2) is 0 Å². The molecule has 178 valence electrons. The molecule has 0 fully saturated rings. The quantitative estimate of drug-likeness (QED) is 0.236. The summed E-state index contributed by atoms with van der Waals surface area (Å²) < 4.78 is 23.7. The van der Waals surface area contributed by atoms with Crippen LogP contribution in [0, 0.1) is 0 Å². The van der Waals surface area contributed by atoms with E-state index >= 15 is 0 Å². The fourth-order valence-electron chi connectivity index (χ4n) is 4.21. The maximum Gasteiger partial charge on any atom is 0.187 e. The average molecular weight is 572 g/mol. The monoisotopic (exact) mass is 572 g/mol. The van der Waals surface area contributed by atoms with E-state index in [1.54, 1.807) is 19.2 Å². The van der Waals surface area contributed by atoms with Crippen LogP contribution >= 0.6 is 22.6 Å². The third-order valence-corrected chi connectivity index (χ3v) is 7.04. The first kappa shape index (κ1) is 24.4. The number of alkyl halides is 1. The topological polar surface area (TPSA) is 54.0 Å². The zero-order valence-corrected chi connectivity index (χ0v) is 22.2. The van der Waals surface area contributed by atoms with Crippen molar-refractivity contribution >= 4 is 28.4 Å². The van der Waals surface area contributed by atoms with Gasteiger partial charge in [-0.15, -0.1) is 0 Å². The largest absolute Gasteiger partial charge is 0.497 e. The summed E-state index contributed by atoms with van der Waals surface area (Å²) >= 11 is 2.21. The lowest BCUT2D eigenvalue weighted by Gasteiger charge is -2.43. The Bertz CT molecular complexity index is 1160. The lowest BCUT2D eigenvalue weighted by molar-refractivity contribution is 0.0667. The number of carbonyl (C=O) groups is 1. The van der Waals surface area contributed by atoms with E-state index in [0.717, 1.165) is 16.9 Å². The number of carbonyl (C=O) groups excluding carboxylic acids is 1. The normalized spacial score (nSPS) is 19.5. The van der Waals surface area contributed by atoms with Gasteiger partial charge < -0.3 is 18.9 Å². The Morgan fingerprint density at radius 3 is 2.06 bits per heavy atom. The fourth-order valence-corrected chi connectivity index (χ4v) is 5.37. The first-order valence-corrected chi connectivity index (χ1v) is 12.6. The highest BCUT2D eigenvalue weighted by atomic mass is 127. The molecular weight excluding hydrogens is 543 g/mol. The van der Waals surface area contributed by atoms with E-state index in [9.17, 15) is 4.79 Å². The molecule has 0 spiro atoms. The zero-order chi connectivity index (χ0) is 24.5. The van der Waals surface area contributed by atoms with Crippen LogP contribution in [0.15, 0.2) is 66.7 Å². The van der Waals surface area contributed by atoms with Crippen LogP contribution in [-0.2, 0) is 5.60 Å². The number of ether oxygens (including phenoxy) is 4. The highest BCUT2D eigenvalue weighted by molar-refractivity contribution is 14.1. The number of ketones is 1. The van der Waals surface area contributed by atoms with Crippen molar-refractivity contribution in [3.05, 3.63) is 83.4 Å². The minimum atomic E-state index is -1.04. The van der Waals surface area contributed by atoms with Gasteiger partial charge in [0.15, 0.2) is 11.4 Å². The molecule has 2 atom stereocenters. The number of halogens is 1. The second-order valence-corrected chi connectivity index (χ2v) is 10.0. The second-order valence-electron chi connectivity index (χ2n) is 8.79. The minimum absolute atomic E-state index is 0.0398. The molecule has 34 heavy (non-hydrogen) atoms. The van der Waals surface area contributed by atoms with E-state index in [2.05, 4.69) is 22.6 Å². The van der Waals surface area contributed by atoms with Crippen LogP contribution in [0.25, 0.3) is 0 Å². The summed E-state index contributed by atoms with van der Waals surface area (Å²) in [5, 5.41) is 0. The number of fused-ring (bicyclic) bond motifs is 1. The molecular formula is C28H29IO5. The van der Waals surface area contributed by atoms with E-state index < -0.39 is 9.53 Å². The predicted octanol–water partition coefficient (Wildman–Crippen LogP) is 6.59. The Labute approximate surface area is 214 Å². The van der Waals surface area contributed by atoms with E-state index in [-0.39, 0.29) is 18.0 Å². The van der Waals surface area contributed by atoms with Crippen LogP contribution in [-0.4, -0.2) is 29.0 Å². The third kappa shape index (κ3) is 4.48. The molecule has 1 aliphatic rings. The summed E-state index contributed by atoms with van der Waals surface area (Å²) in [7, 11) is 1.63. The first-order chi connectivity index (χ1) is 16.3. The fraction of sp³-hybridized carbons (Fsp3) is 0.321.